The lowest BCUT2D eigenvalue weighted by Crippen LogP contribution is -2.59. The monoisotopic (exact) mass is 282 g/mol. The summed E-state index contributed by atoms with van der Waals surface area (Å²) in [5.41, 5.74) is 5.89. The lowest BCUT2D eigenvalue weighted by atomic mass is 9.94. The topological polar surface area (TPSA) is 81.4 Å². The van der Waals surface area contributed by atoms with Crippen molar-refractivity contribution in [1.82, 2.24) is 5.32 Å². The molecule has 1 aromatic rings. The van der Waals surface area contributed by atoms with Crippen LogP contribution in [0.2, 0.25) is 5.02 Å². The van der Waals surface area contributed by atoms with Gasteiger partial charge in [0.05, 0.1) is 25.2 Å². The quantitative estimate of drug-likeness (QED) is 0.849. The molecule has 19 heavy (non-hydrogen) atoms. The van der Waals surface area contributed by atoms with Crippen molar-refractivity contribution in [3.63, 3.8) is 0 Å². The minimum atomic E-state index is -0.630. The Hall–Kier alpha value is -1.43. The van der Waals surface area contributed by atoms with E-state index in [0.29, 0.717) is 23.8 Å². The van der Waals surface area contributed by atoms with Gasteiger partial charge in [-0.05, 0) is 11.6 Å². The number of nitrogens with two attached hydrogens (primary N) is 1. The zero-order chi connectivity index (χ0) is 13.9. The molecule has 0 spiro atoms. The normalized spacial score (nSPS) is 16.5. The second-order valence-electron chi connectivity index (χ2n) is 4.77. The zero-order valence-electron chi connectivity index (χ0n) is 10.3. The fourth-order valence-electron chi connectivity index (χ4n) is 1.84. The average molecular weight is 283 g/mol. The molecule has 1 heterocycles. The maximum atomic E-state index is 11.7. The van der Waals surface area contributed by atoms with Gasteiger partial charge in [-0.15, -0.1) is 0 Å². The number of ether oxygens (including phenoxy) is 1. The number of halogens is 1. The van der Waals surface area contributed by atoms with Crippen LogP contribution in [0.1, 0.15) is 12.0 Å². The van der Waals surface area contributed by atoms with Crippen molar-refractivity contribution >= 4 is 23.4 Å². The third-order valence-corrected chi connectivity index (χ3v) is 3.25. The first kappa shape index (κ1) is 14.0. The molecule has 0 aromatic heterocycles. The molecule has 0 aliphatic carbocycles. The van der Waals surface area contributed by atoms with Crippen LogP contribution in [-0.2, 0) is 20.7 Å². The summed E-state index contributed by atoms with van der Waals surface area (Å²) in [5, 5.41) is 2.82. The van der Waals surface area contributed by atoms with Crippen molar-refractivity contribution in [2.75, 3.05) is 13.2 Å². The summed E-state index contributed by atoms with van der Waals surface area (Å²) in [4.78, 5) is 23.3. The summed E-state index contributed by atoms with van der Waals surface area (Å²) < 4.78 is 4.95. The van der Waals surface area contributed by atoms with Crippen LogP contribution in [0, 0.1) is 0 Å². The molecule has 0 bridgehead atoms. The Balaban J connectivity index is 1.84. The summed E-state index contributed by atoms with van der Waals surface area (Å²) >= 11 is 5.94. The molecule has 2 amide bonds. The summed E-state index contributed by atoms with van der Waals surface area (Å²) in [6.07, 6.45) is 0.154. The van der Waals surface area contributed by atoms with Gasteiger partial charge in [0.1, 0.15) is 0 Å². The van der Waals surface area contributed by atoms with Gasteiger partial charge >= 0.3 is 0 Å². The minimum absolute atomic E-state index is 0.0689. The predicted molar refractivity (Wildman–Crippen MR) is 70.7 cm³/mol. The van der Waals surface area contributed by atoms with Gasteiger partial charge in [0.15, 0.2) is 0 Å². The van der Waals surface area contributed by atoms with Gasteiger partial charge < -0.3 is 10.5 Å². The van der Waals surface area contributed by atoms with Crippen molar-refractivity contribution in [3.05, 3.63) is 34.9 Å². The Labute approximate surface area is 116 Å². The molecule has 1 aliphatic heterocycles. The Kier molecular flexibility index (Phi) is 4.19. The van der Waals surface area contributed by atoms with E-state index in [1.807, 2.05) is 0 Å². The molecule has 0 radical (unpaired) electrons. The number of hydrogen-bond donors (Lipinski definition) is 2. The second kappa shape index (κ2) is 5.69. The van der Waals surface area contributed by atoms with E-state index in [2.05, 4.69) is 5.32 Å². The van der Waals surface area contributed by atoms with Crippen molar-refractivity contribution < 1.29 is 14.3 Å². The first-order valence-corrected chi connectivity index (χ1v) is 6.29. The number of benzene rings is 1. The van der Waals surface area contributed by atoms with Crippen LogP contribution in [0.15, 0.2) is 24.3 Å². The van der Waals surface area contributed by atoms with Crippen LogP contribution in [0.3, 0.4) is 0 Å². The lowest BCUT2D eigenvalue weighted by molar-refractivity contribution is -0.134. The van der Waals surface area contributed by atoms with Gasteiger partial charge in [0, 0.05) is 11.4 Å². The van der Waals surface area contributed by atoms with E-state index in [0.717, 1.165) is 0 Å². The SMILES string of the molecule is NC1(CC(=O)NC(=O)Cc2ccccc2Cl)COC1. The molecule has 5 nitrogen and oxygen atoms in total. The fourth-order valence-corrected chi connectivity index (χ4v) is 2.05. The molecule has 1 fully saturated rings. The third-order valence-electron chi connectivity index (χ3n) is 2.88. The lowest BCUT2D eigenvalue weighted by Gasteiger charge is -2.36. The Morgan fingerprint density at radius 3 is 2.58 bits per heavy atom. The molecule has 1 aliphatic rings. The number of imide groups is 1. The molecule has 6 heteroatoms. The number of nitrogens with one attached hydrogen (secondary N) is 1. The molecule has 102 valence electrons. The molecule has 2 rings (SSSR count). The molecule has 1 saturated heterocycles. The zero-order valence-corrected chi connectivity index (χ0v) is 11.1. The van der Waals surface area contributed by atoms with Gasteiger partial charge in [0.25, 0.3) is 0 Å². The standard InChI is InChI=1S/C13H15ClN2O3/c14-10-4-2-1-3-9(10)5-11(17)16-12(18)6-13(15)7-19-8-13/h1-4H,5-8,15H2,(H,16,17,18). The van der Waals surface area contributed by atoms with Crippen molar-refractivity contribution in [2.45, 2.75) is 18.4 Å². The van der Waals surface area contributed by atoms with Crippen LogP contribution >= 0.6 is 11.6 Å². The maximum Gasteiger partial charge on any atom is 0.231 e. The van der Waals surface area contributed by atoms with E-state index in [4.69, 9.17) is 22.1 Å². The van der Waals surface area contributed by atoms with Crippen LogP contribution < -0.4 is 11.1 Å². The van der Waals surface area contributed by atoms with E-state index in [1.165, 1.54) is 0 Å². The number of amides is 2. The van der Waals surface area contributed by atoms with E-state index in [-0.39, 0.29) is 24.7 Å². The largest absolute Gasteiger partial charge is 0.377 e. The highest BCUT2D eigenvalue weighted by molar-refractivity contribution is 6.31. The van der Waals surface area contributed by atoms with Crippen molar-refractivity contribution in [2.24, 2.45) is 5.73 Å². The number of hydrogen-bond acceptors (Lipinski definition) is 4. The summed E-state index contributed by atoms with van der Waals surface area (Å²) in [5.74, 6) is -0.773. The smallest absolute Gasteiger partial charge is 0.231 e. The Bertz CT molecular complexity index is 500. The van der Waals surface area contributed by atoms with Gasteiger partial charge in [-0.25, -0.2) is 0 Å². The highest BCUT2D eigenvalue weighted by Crippen LogP contribution is 2.18. The van der Waals surface area contributed by atoms with E-state index >= 15 is 0 Å². The minimum Gasteiger partial charge on any atom is -0.377 e. The number of carbonyl (C=O) groups is 2. The number of rotatable bonds is 4. The molecule has 0 saturated carbocycles. The molecule has 0 atom stereocenters. The van der Waals surface area contributed by atoms with Crippen molar-refractivity contribution in [3.8, 4) is 0 Å². The molecule has 3 N–H and O–H groups in total. The van der Waals surface area contributed by atoms with Crippen LogP contribution in [0.25, 0.3) is 0 Å². The number of carbonyl (C=O) groups excluding carboxylic acids is 2. The molecule has 1 aromatic carbocycles. The van der Waals surface area contributed by atoms with Gasteiger partial charge in [-0.2, -0.15) is 0 Å². The van der Waals surface area contributed by atoms with E-state index in [9.17, 15) is 9.59 Å². The van der Waals surface area contributed by atoms with E-state index in [1.54, 1.807) is 24.3 Å². The highest BCUT2D eigenvalue weighted by atomic mass is 35.5. The molecular weight excluding hydrogens is 268 g/mol. The average Bonchev–Trinajstić information content (AvgIpc) is 2.30. The summed E-state index contributed by atoms with van der Waals surface area (Å²) in [6.45, 7) is 0.693. The van der Waals surface area contributed by atoms with Crippen LogP contribution in [0.4, 0.5) is 0 Å². The summed E-state index contributed by atoms with van der Waals surface area (Å²) in [7, 11) is 0. The van der Waals surface area contributed by atoms with E-state index < -0.39 is 5.54 Å². The van der Waals surface area contributed by atoms with Crippen molar-refractivity contribution in [1.29, 1.82) is 0 Å². The first-order chi connectivity index (χ1) is 8.98. The molecule has 0 unspecified atom stereocenters. The predicted octanol–water partition coefficient (Wildman–Crippen LogP) is 0.643. The highest BCUT2D eigenvalue weighted by Gasteiger charge is 2.36. The van der Waals surface area contributed by atoms with Gasteiger partial charge in [-0.3, -0.25) is 14.9 Å². The summed E-state index contributed by atoms with van der Waals surface area (Å²) in [6, 6.07) is 7.02. The van der Waals surface area contributed by atoms with Gasteiger partial charge in [-0.1, -0.05) is 29.8 Å². The Morgan fingerprint density at radius 1 is 1.32 bits per heavy atom. The third kappa shape index (κ3) is 3.76. The maximum absolute atomic E-state index is 11.7. The Morgan fingerprint density at radius 2 is 2.00 bits per heavy atom. The second-order valence-corrected chi connectivity index (χ2v) is 5.18. The first-order valence-electron chi connectivity index (χ1n) is 5.91. The van der Waals surface area contributed by atoms with Crippen LogP contribution in [-0.4, -0.2) is 30.6 Å². The molecular formula is C13H15ClN2O3. The fraction of sp³-hybridized carbons (Fsp3) is 0.385. The van der Waals surface area contributed by atoms with Gasteiger partial charge in [0.2, 0.25) is 11.8 Å². The van der Waals surface area contributed by atoms with Crippen LogP contribution in [0.5, 0.6) is 0 Å².